The van der Waals surface area contributed by atoms with Crippen LogP contribution in [0.25, 0.3) is 0 Å². The minimum Gasteiger partial charge on any atom is -0.358 e. The number of aromatic nitrogens is 1. The van der Waals surface area contributed by atoms with Crippen molar-refractivity contribution in [3.05, 3.63) is 27.9 Å². The molecule has 1 heterocycles. The molecule has 1 aliphatic carbocycles. The van der Waals surface area contributed by atoms with Crippen LogP contribution in [0.2, 0.25) is 0 Å². The molecule has 7 heteroatoms. The number of carbonyl (C=O) groups is 1. The molecule has 21 heavy (non-hydrogen) atoms. The molecule has 1 aromatic heterocycles. The van der Waals surface area contributed by atoms with E-state index >= 15 is 0 Å². The number of nitrogens with one attached hydrogen (secondary N) is 1. The topological polar surface area (TPSA) is 77.2 Å². The van der Waals surface area contributed by atoms with Crippen molar-refractivity contribution in [1.82, 2.24) is 9.88 Å². The molecule has 1 fully saturated rings. The molecule has 0 aliphatic heterocycles. The average Bonchev–Trinajstić information content (AvgIpc) is 2.84. The Morgan fingerprint density at radius 2 is 2.14 bits per heavy atom. The van der Waals surface area contributed by atoms with Gasteiger partial charge in [0.25, 0.3) is 5.91 Å². The fourth-order valence-electron chi connectivity index (χ4n) is 2.82. The molecular formula is C14H20ClN3O3. The van der Waals surface area contributed by atoms with Gasteiger partial charge in [0.15, 0.2) is 5.69 Å². The van der Waals surface area contributed by atoms with Gasteiger partial charge >= 0.3 is 5.82 Å². The monoisotopic (exact) mass is 313 g/mol. The van der Waals surface area contributed by atoms with Gasteiger partial charge in [-0.05, 0) is 42.6 Å². The second-order valence-corrected chi connectivity index (χ2v) is 6.21. The Labute approximate surface area is 128 Å². The van der Waals surface area contributed by atoms with Crippen molar-refractivity contribution in [3.8, 4) is 0 Å². The van der Waals surface area contributed by atoms with Crippen LogP contribution in [-0.2, 0) is 7.05 Å². The van der Waals surface area contributed by atoms with Crippen molar-refractivity contribution in [1.29, 1.82) is 0 Å². The third kappa shape index (κ3) is 3.20. The second-order valence-electron chi connectivity index (χ2n) is 5.94. The first-order valence-electron chi connectivity index (χ1n) is 7.07. The number of hydrogen-bond donors (Lipinski definition) is 1. The first kappa shape index (κ1) is 15.8. The molecule has 1 amide bonds. The lowest BCUT2D eigenvalue weighted by molar-refractivity contribution is -0.391. The Morgan fingerprint density at radius 1 is 1.52 bits per heavy atom. The quantitative estimate of drug-likeness (QED) is 0.527. The van der Waals surface area contributed by atoms with E-state index in [1.165, 1.54) is 23.7 Å². The van der Waals surface area contributed by atoms with Gasteiger partial charge in [0.1, 0.15) is 0 Å². The third-order valence-corrected chi connectivity index (χ3v) is 4.89. The average molecular weight is 314 g/mol. The highest BCUT2D eigenvalue weighted by molar-refractivity contribution is 6.19. The van der Waals surface area contributed by atoms with Gasteiger partial charge in [-0.3, -0.25) is 4.79 Å². The van der Waals surface area contributed by atoms with E-state index in [2.05, 4.69) is 12.2 Å². The highest BCUT2D eigenvalue weighted by atomic mass is 35.5. The number of hydrogen-bond acceptors (Lipinski definition) is 3. The summed E-state index contributed by atoms with van der Waals surface area (Å²) in [5.41, 5.74) is -0.116. The fourth-order valence-corrected chi connectivity index (χ4v) is 3.16. The number of nitrogens with zero attached hydrogens (tertiary/aromatic N) is 2. The highest BCUT2D eigenvalue weighted by Crippen LogP contribution is 2.33. The zero-order valence-electron chi connectivity index (χ0n) is 12.3. The molecule has 1 aromatic rings. The number of amides is 1. The van der Waals surface area contributed by atoms with Crippen LogP contribution in [0.15, 0.2) is 12.1 Å². The van der Waals surface area contributed by atoms with Gasteiger partial charge in [-0.15, -0.1) is 11.6 Å². The smallest absolute Gasteiger partial charge is 0.323 e. The summed E-state index contributed by atoms with van der Waals surface area (Å²) in [5.74, 6) is 0.602. The Kier molecular flexibility index (Phi) is 4.56. The first-order chi connectivity index (χ1) is 9.88. The van der Waals surface area contributed by atoms with E-state index in [9.17, 15) is 14.9 Å². The fraction of sp³-hybridized carbons (Fsp3) is 0.643. The van der Waals surface area contributed by atoms with Crippen molar-refractivity contribution in [2.75, 3.05) is 5.88 Å². The van der Waals surface area contributed by atoms with Gasteiger partial charge < -0.3 is 15.4 Å². The summed E-state index contributed by atoms with van der Waals surface area (Å²) in [6.07, 6.45) is 3.74. The molecule has 1 aliphatic rings. The molecular weight excluding hydrogens is 294 g/mol. The van der Waals surface area contributed by atoms with Gasteiger partial charge in [-0.2, -0.15) is 0 Å². The maximum atomic E-state index is 12.4. The predicted octanol–water partition coefficient (Wildman–Crippen LogP) is 2.85. The van der Waals surface area contributed by atoms with Crippen molar-refractivity contribution >= 4 is 23.3 Å². The van der Waals surface area contributed by atoms with Gasteiger partial charge in [0.05, 0.1) is 12.6 Å². The highest BCUT2D eigenvalue weighted by Gasteiger charge is 2.36. The lowest BCUT2D eigenvalue weighted by Crippen LogP contribution is -2.52. The number of halogens is 1. The van der Waals surface area contributed by atoms with Crippen molar-refractivity contribution in [2.24, 2.45) is 13.0 Å². The van der Waals surface area contributed by atoms with E-state index in [-0.39, 0.29) is 17.4 Å². The zero-order chi connectivity index (χ0) is 15.6. The lowest BCUT2D eigenvalue weighted by Gasteiger charge is -2.38. The molecule has 0 radical (unpaired) electrons. The maximum Gasteiger partial charge on any atom is 0.323 e. The Bertz CT molecular complexity index is 548. The van der Waals surface area contributed by atoms with Crippen molar-refractivity contribution in [3.63, 3.8) is 0 Å². The summed E-state index contributed by atoms with van der Waals surface area (Å²) in [6.45, 7) is 2.19. The first-order valence-corrected chi connectivity index (χ1v) is 7.60. The van der Waals surface area contributed by atoms with Crippen LogP contribution in [0.1, 0.15) is 43.1 Å². The van der Waals surface area contributed by atoms with E-state index in [0.717, 1.165) is 25.7 Å². The molecule has 1 N–H and O–H groups in total. The number of nitro groups is 1. The Balaban J connectivity index is 2.15. The summed E-state index contributed by atoms with van der Waals surface area (Å²) >= 11 is 6.08. The summed E-state index contributed by atoms with van der Waals surface area (Å²) < 4.78 is 1.29. The minimum atomic E-state index is -0.504. The van der Waals surface area contributed by atoms with Crippen LogP contribution in [0.5, 0.6) is 0 Å². The number of carbonyl (C=O) groups excluding carboxylic acids is 1. The van der Waals surface area contributed by atoms with Crippen molar-refractivity contribution in [2.45, 2.75) is 38.1 Å². The standard InChI is InChI=1S/C14H20ClN3O3/c1-10-5-7-14(9-15,8-6-10)16-13(19)11-3-4-12(17(11)2)18(20)21/h3-4,10H,5-9H2,1-2H3,(H,16,19). The number of rotatable bonds is 4. The maximum absolute atomic E-state index is 12.4. The molecule has 1 saturated carbocycles. The Morgan fingerprint density at radius 3 is 2.62 bits per heavy atom. The molecule has 0 saturated heterocycles. The van der Waals surface area contributed by atoms with Crippen LogP contribution in [0.3, 0.4) is 0 Å². The third-order valence-electron chi connectivity index (χ3n) is 4.38. The molecule has 116 valence electrons. The van der Waals surface area contributed by atoms with Gasteiger partial charge in [-0.1, -0.05) is 6.92 Å². The van der Waals surface area contributed by atoms with Gasteiger partial charge in [0.2, 0.25) is 0 Å². The minimum absolute atomic E-state index is 0.0997. The van der Waals surface area contributed by atoms with Crippen LogP contribution in [0.4, 0.5) is 5.82 Å². The van der Waals surface area contributed by atoms with E-state index in [0.29, 0.717) is 11.8 Å². The molecule has 0 unspecified atom stereocenters. The molecule has 6 nitrogen and oxygen atoms in total. The van der Waals surface area contributed by atoms with Crippen LogP contribution in [-0.4, -0.2) is 26.8 Å². The normalized spacial score (nSPS) is 25.6. The van der Waals surface area contributed by atoms with Crippen LogP contribution in [0, 0.1) is 16.0 Å². The van der Waals surface area contributed by atoms with Crippen LogP contribution >= 0.6 is 11.6 Å². The summed E-state index contributed by atoms with van der Waals surface area (Å²) in [7, 11) is 1.52. The molecule has 2 rings (SSSR count). The van der Waals surface area contributed by atoms with Gasteiger partial charge in [0, 0.05) is 11.9 Å². The zero-order valence-corrected chi connectivity index (χ0v) is 13.0. The largest absolute Gasteiger partial charge is 0.358 e. The number of alkyl halides is 1. The second kappa shape index (κ2) is 6.05. The molecule has 0 aromatic carbocycles. The predicted molar refractivity (Wildman–Crippen MR) is 80.6 cm³/mol. The van der Waals surface area contributed by atoms with Crippen LogP contribution < -0.4 is 5.32 Å². The summed E-state index contributed by atoms with van der Waals surface area (Å²) in [5, 5.41) is 13.8. The van der Waals surface area contributed by atoms with E-state index < -0.39 is 10.5 Å². The summed E-state index contributed by atoms with van der Waals surface area (Å²) in [6, 6.07) is 2.81. The van der Waals surface area contributed by atoms with E-state index in [4.69, 9.17) is 11.6 Å². The van der Waals surface area contributed by atoms with E-state index in [1.807, 2.05) is 0 Å². The van der Waals surface area contributed by atoms with Gasteiger partial charge in [-0.25, -0.2) is 4.57 Å². The Hall–Kier alpha value is -1.56. The molecule has 0 atom stereocenters. The van der Waals surface area contributed by atoms with E-state index in [1.54, 1.807) is 0 Å². The SMILES string of the molecule is CC1CCC(CCl)(NC(=O)c2ccc([N+](=O)[O-])n2C)CC1. The lowest BCUT2D eigenvalue weighted by atomic mass is 9.78. The molecule has 0 spiro atoms. The summed E-state index contributed by atoms with van der Waals surface area (Å²) in [4.78, 5) is 22.7. The van der Waals surface area contributed by atoms with Crippen molar-refractivity contribution < 1.29 is 9.72 Å². The molecule has 0 bridgehead atoms.